The molecule has 3 rings (SSSR count). The first-order chi connectivity index (χ1) is 9.67. The number of benzene rings is 1. The zero-order chi connectivity index (χ0) is 14.1. The van der Waals surface area contributed by atoms with Crippen LogP contribution in [0.2, 0.25) is 0 Å². The summed E-state index contributed by atoms with van der Waals surface area (Å²) in [5, 5.41) is 2.88. The predicted octanol–water partition coefficient (Wildman–Crippen LogP) is 1.06. The minimum Gasteiger partial charge on any atom is -0.373 e. The topological polar surface area (TPSA) is 52.7 Å². The molecule has 0 unspecified atom stereocenters. The van der Waals surface area contributed by atoms with Crippen LogP contribution in [-0.4, -0.2) is 48.3 Å². The molecule has 1 aromatic carbocycles. The van der Waals surface area contributed by atoms with Gasteiger partial charge >= 0.3 is 0 Å². The number of carbonyl (C=O) groups excluding carboxylic acids is 2. The fraction of sp³-hybridized carbons (Fsp3) is 0.333. The third-order valence-corrected chi connectivity index (χ3v) is 3.77. The van der Waals surface area contributed by atoms with E-state index in [0.717, 1.165) is 36.3 Å². The summed E-state index contributed by atoms with van der Waals surface area (Å²) in [5.74, 6) is -0.0524. The average molecular weight is 271 g/mol. The lowest BCUT2D eigenvalue weighted by molar-refractivity contribution is -0.119. The van der Waals surface area contributed by atoms with E-state index in [0.29, 0.717) is 18.7 Å². The highest BCUT2D eigenvalue weighted by Crippen LogP contribution is 2.32. The Morgan fingerprint density at radius 2 is 1.85 bits per heavy atom. The summed E-state index contributed by atoms with van der Waals surface area (Å²) in [6, 6.07) is 5.96. The van der Waals surface area contributed by atoms with Crippen LogP contribution >= 0.6 is 0 Å². The molecule has 1 N–H and O–H groups in total. The summed E-state index contributed by atoms with van der Waals surface area (Å²) in [7, 11) is 0. The number of rotatable bonds is 2. The fourth-order valence-electron chi connectivity index (χ4n) is 2.58. The molecule has 1 aromatic rings. The van der Waals surface area contributed by atoms with Gasteiger partial charge in [0, 0.05) is 43.6 Å². The van der Waals surface area contributed by atoms with Gasteiger partial charge in [-0.1, -0.05) is 11.6 Å². The van der Waals surface area contributed by atoms with E-state index in [1.807, 2.05) is 31.3 Å². The van der Waals surface area contributed by atoms with Crippen molar-refractivity contribution in [3.8, 4) is 0 Å². The molecule has 0 saturated carbocycles. The number of amides is 2. The van der Waals surface area contributed by atoms with E-state index in [-0.39, 0.29) is 5.91 Å². The van der Waals surface area contributed by atoms with E-state index in [4.69, 9.17) is 0 Å². The van der Waals surface area contributed by atoms with Gasteiger partial charge in [0.1, 0.15) is 0 Å². The van der Waals surface area contributed by atoms with Gasteiger partial charge in [-0.05, 0) is 19.1 Å². The van der Waals surface area contributed by atoms with Crippen LogP contribution in [0, 0.1) is 6.92 Å². The molecule has 2 amide bonds. The first-order valence-corrected chi connectivity index (χ1v) is 6.75. The van der Waals surface area contributed by atoms with Gasteiger partial charge in [0.2, 0.25) is 6.41 Å². The number of aryl methyl sites for hydroxylation is 1. The van der Waals surface area contributed by atoms with Crippen molar-refractivity contribution in [2.24, 2.45) is 0 Å². The van der Waals surface area contributed by atoms with Gasteiger partial charge < -0.3 is 15.1 Å². The fourth-order valence-corrected chi connectivity index (χ4v) is 2.58. The normalized spacial score (nSPS) is 20.1. The third kappa shape index (κ3) is 2.27. The molecule has 0 bridgehead atoms. The molecule has 2 aliphatic rings. The lowest BCUT2D eigenvalue weighted by atomic mass is 10.1. The molecule has 1 saturated heterocycles. The minimum atomic E-state index is -0.0524. The van der Waals surface area contributed by atoms with Crippen LogP contribution in [0.3, 0.4) is 0 Å². The first kappa shape index (κ1) is 12.7. The number of carbonyl (C=O) groups is 2. The van der Waals surface area contributed by atoms with Crippen LogP contribution in [-0.2, 0) is 9.59 Å². The van der Waals surface area contributed by atoms with Crippen LogP contribution < -0.4 is 5.32 Å². The van der Waals surface area contributed by atoms with Gasteiger partial charge in [-0.2, -0.15) is 0 Å². The standard InChI is InChI=1S/C15H17N3O2/c1-11-2-3-14-12(8-11)13(15(20)16-14)9-17-4-6-18(10-19)7-5-17/h2-3,8-10H,4-7H2,1H3,(H,16,20)/b13-9+. The van der Waals surface area contributed by atoms with Crippen molar-refractivity contribution in [2.45, 2.75) is 6.92 Å². The molecular formula is C15H17N3O2. The van der Waals surface area contributed by atoms with Gasteiger partial charge in [0.25, 0.3) is 5.91 Å². The number of hydrogen-bond acceptors (Lipinski definition) is 3. The lowest BCUT2D eigenvalue weighted by Crippen LogP contribution is -2.43. The number of fused-ring (bicyclic) bond motifs is 1. The molecule has 1 fully saturated rings. The van der Waals surface area contributed by atoms with Crippen LogP contribution in [0.4, 0.5) is 5.69 Å². The number of anilines is 1. The Kier molecular flexibility index (Phi) is 3.18. The molecule has 5 heteroatoms. The Balaban J connectivity index is 1.84. The SMILES string of the molecule is Cc1ccc2c(c1)/C(=C\N1CCN(C=O)CC1)C(=O)N2. The second-order valence-corrected chi connectivity index (χ2v) is 5.22. The summed E-state index contributed by atoms with van der Waals surface area (Å²) < 4.78 is 0. The van der Waals surface area contributed by atoms with Crippen LogP contribution in [0.1, 0.15) is 11.1 Å². The Labute approximate surface area is 117 Å². The Bertz CT molecular complexity index is 587. The zero-order valence-corrected chi connectivity index (χ0v) is 11.4. The third-order valence-electron chi connectivity index (χ3n) is 3.77. The largest absolute Gasteiger partial charge is 0.373 e. The molecule has 2 aliphatic heterocycles. The predicted molar refractivity (Wildman–Crippen MR) is 77.0 cm³/mol. The number of hydrogen-bond donors (Lipinski definition) is 1. The summed E-state index contributed by atoms with van der Waals surface area (Å²) >= 11 is 0. The van der Waals surface area contributed by atoms with Crippen LogP contribution in [0.25, 0.3) is 5.57 Å². The van der Waals surface area contributed by atoms with Crippen molar-refractivity contribution < 1.29 is 9.59 Å². The van der Waals surface area contributed by atoms with Crippen LogP contribution in [0.5, 0.6) is 0 Å². The molecule has 5 nitrogen and oxygen atoms in total. The molecule has 0 aromatic heterocycles. The van der Waals surface area contributed by atoms with Crippen molar-refractivity contribution in [3.05, 3.63) is 35.5 Å². The van der Waals surface area contributed by atoms with E-state index < -0.39 is 0 Å². The van der Waals surface area contributed by atoms with Gasteiger partial charge in [-0.25, -0.2) is 0 Å². The Morgan fingerprint density at radius 3 is 2.55 bits per heavy atom. The molecular weight excluding hydrogens is 254 g/mol. The molecule has 0 radical (unpaired) electrons. The summed E-state index contributed by atoms with van der Waals surface area (Å²) in [4.78, 5) is 26.6. The number of nitrogens with zero attached hydrogens (tertiary/aromatic N) is 2. The average Bonchev–Trinajstić information content (AvgIpc) is 2.76. The molecule has 0 atom stereocenters. The van der Waals surface area contributed by atoms with E-state index in [1.54, 1.807) is 4.90 Å². The van der Waals surface area contributed by atoms with Gasteiger partial charge in [-0.3, -0.25) is 9.59 Å². The van der Waals surface area contributed by atoms with Crippen molar-refractivity contribution >= 4 is 23.6 Å². The Morgan fingerprint density at radius 1 is 1.15 bits per heavy atom. The van der Waals surface area contributed by atoms with Crippen LogP contribution in [0.15, 0.2) is 24.4 Å². The zero-order valence-electron chi connectivity index (χ0n) is 11.4. The summed E-state index contributed by atoms with van der Waals surface area (Å²) in [5.41, 5.74) is 3.69. The smallest absolute Gasteiger partial charge is 0.257 e. The minimum absolute atomic E-state index is 0.0524. The van der Waals surface area contributed by atoms with E-state index >= 15 is 0 Å². The van der Waals surface area contributed by atoms with Crippen molar-refractivity contribution in [1.82, 2.24) is 9.80 Å². The second-order valence-electron chi connectivity index (χ2n) is 5.22. The lowest BCUT2D eigenvalue weighted by Gasteiger charge is -2.31. The molecule has 2 heterocycles. The number of piperazine rings is 1. The van der Waals surface area contributed by atoms with Gasteiger partial charge in [-0.15, -0.1) is 0 Å². The summed E-state index contributed by atoms with van der Waals surface area (Å²) in [6.45, 7) is 4.95. The monoisotopic (exact) mass is 271 g/mol. The highest BCUT2D eigenvalue weighted by Gasteiger charge is 2.25. The first-order valence-electron chi connectivity index (χ1n) is 6.75. The van der Waals surface area contributed by atoms with E-state index in [2.05, 4.69) is 10.2 Å². The summed E-state index contributed by atoms with van der Waals surface area (Å²) in [6.07, 6.45) is 2.80. The van der Waals surface area contributed by atoms with E-state index in [9.17, 15) is 9.59 Å². The molecule has 20 heavy (non-hydrogen) atoms. The van der Waals surface area contributed by atoms with Crippen molar-refractivity contribution in [3.63, 3.8) is 0 Å². The molecule has 104 valence electrons. The maximum Gasteiger partial charge on any atom is 0.257 e. The molecule has 0 aliphatic carbocycles. The second kappa shape index (κ2) is 5.00. The maximum atomic E-state index is 12.1. The van der Waals surface area contributed by atoms with E-state index in [1.165, 1.54) is 0 Å². The Hall–Kier alpha value is -2.30. The highest BCUT2D eigenvalue weighted by molar-refractivity contribution is 6.31. The molecule has 0 spiro atoms. The van der Waals surface area contributed by atoms with Gasteiger partial charge in [0.15, 0.2) is 0 Å². The highest BCUT2D eigenvalue weighted by atomic mass is 16.2. The van der Waals surface area contributed by atoms with Crippen molar-refractivity contribution in [1.29, 1.82) is 0 Å². The number of nitrogens with one attached hydrogen (secondary N) is 1. The van der Waals surface area contributed by atoms with Gasteiger partial charge in [0.05, 0.1) is 5.57 Å². The maximum absolute atomic E-state index is 12.1. The van der Waals surface area contributed by atoms with Crippen molar-refractivity contribution in [2.75, 3.05) is 31.5 Å². The quantitative estimate of drug-likeness (QED) is 0.646.